The van der Waals surface area contributed by atoms with Crippen molar-refractivity contribution in [3.05, 3.63) is 47.7 Å². The summed E-state index contributed by atoms with van der Waals surface area (Å²) in [6.07, 6.45) is -3.34. The molecule has 25 heavy (non-hydrogen) atoms. The molecule has 0 N–H and O–H groups in total. The number of esters is 1. The van der Waals surface area contributed by atoms with E-state index in [2.05, 4.69) is 0 Å². The second-order valence-corrected chi connectivity index (χ2v) is 4.90. The van der Waals surface area contributed by atoms with Gasteiger partial charge in [0.25, 0.3) is 0 Å². The lowest BCUT2D eigenvalue weighted by Gasteiger charge is -2.17. The standard InChI is InChI=1S/C17H22F2O6/c1-13(16(17(18)19)24-12-22-9-8-21-2)25-15(20)11-23-10-14-6-4-3-5-7-14/h3-7,13H,8-12H2,1-2H3. The van der Waals surface area contributed by atoms with Crippen LogP contribution in [0.15, 0.2) is 42.2 Å². The highest BCUT2D eigenvalue weighted by molar-refractivity contribution is 5.71. The third-order valence-corrected chi connectivity index (χ3v) is 2.92. The van der Waals surface area contributed by atoms with Crippen molar-refractivity contribution in [1.82, 2.24) is 0 Å². The zero-order chi connectivity index (χ0) is 18.5. The molecular formula is C17H22F2O6. The lowest BCUT2D eigenvalue weighted by Crippen LogP contribution is -2.23. The Balaban J connectivity index is 2.33. The summed E-state index contributed by atoms with van der Waals surface area (Å²) in [5, 5.41) is 0. The van der Waals surface area contributed by atoms with Gasteiger partial charge in [-0.1, -0.05) is 30.3 Å². The van der Waals surface area contributed by atoms with Crippen molar-refractivity contribution in [2.75, 3.05) is 33.7 Å². The Labute approximate surface area is 145 Å². The van der Waals surface area contributed by atoms with Crippen LogP contribution >= 0.6 is 0 Å². The number of hydrogen-bond donors (Lipinski definition) is 0. The molecule has 1 aromatic carbocycles. The maximum atomic E-state index is 12.9. The molecule has 6 nitrogen and oxygen atoms in total. The second-order valence-electron chi connectivity index (χ2n) is 4.90. The molecule has 8 heteroatoms. The van der Waals surface area contributed by atoms with Gasteiger partial charge in [-0.15, -0.1) is 0 Å². The lowest BCUT2D eigenvalue weighted by molar-refractivity contribution is -0.155. The van der Waals surface area contributed by atoms with Gasteiger partial charge in [-0.05, 0) is 12.5 Å². The molecule has 1 unspecified atom stereocenters. The van der Waals surface area contributed by atoms with Crippen molar-refractivity contribution < 1.29 is 37.3 Å². The minimum absolute atomic E-state index is 0.194. The van der Waals surface area contributed by atoms with Crippen molar-refractivity contribution in [3.63, 3.8) is 0 Å². The fraction of sp³-hybridized carbons (Fsp3) is 0.471. The Morgan fingerprint density at radius 2 is 1.84 bits per heavy atom. The summed E-state index contributed by atoms with van der Waals surface area (Å²) in [6.45, 7) is 1.24. The molecule has 0 heterocycles. The van der Waals surface area contributed by atoms with E-state index in [9.17, 15) is 13.6 Å². The maximum absolute atomic E-state index is 12.9. The highest BCUT2D eigenvalue weighted by Crippen LogP contribution is 2.16. The van der Waals surface area contributed by atoms with E-state index in [1.54, 1.807) is 0 Å². The van der Waals surface area contributed by atoms with E-state index in [0.717, 1.165) is 5.56 Å². The summed E-state index contributed by atoms with van der Waals surface area (Å²) in [5.41, 5.74) is 0.885. The van der Waals surface area contributed by atoms with Crippen LogP contribution in [-0.4, -0.2) is 45.8 Å². The van der Waals surface area contributed by atoms with E-state index in [-0.39, 0.29) is 19.8 Å². The molecule has 0 aliphatic carbocycles. The van der Waals surface area contributed by atoms with Crippen molar-refractivity contribution >= 4 is 5.97 Å². The van der Waals surface area contributed by atoms with Gasteiger partial charge in [0.1, 0.15) is 6.61 Å². The van der Waals surface area contributed by atoms with Crippen molar-refractivity contribution in [1.29, 1.82) is 0 Å². The van der Waals surface area contributed by atoms with E-state index >= 15 is 0 Å². The first kappa shape index (κ1) is 21.0. The summed E-state index contributed by atoms with van der Waals surface area (Å²) >= 11 is 0. The number of halogens is 2. The van der Waals surface area contributed by atoms with Crippen LogP contribution in [0.5, 0.6) is 0 Å². The molecule has 140 valence electrons. The van der Waals surface area contributed by atoms with Gasteiger partial charge in [-0.3, -0.25) is 0 Å². The Hall–Kier alpha value is -2.03. The molecule has 0 amide bonds. The second kappa shape index (κ2) is 12.3. The summed E-state index contributed by atoms with van der Waals surface area (Å²) in [7, 11) is 1.48. The van der Waals surface area contributed by atoms with Gasteiger partial charge in [-0.2, -0.15) is 8.78 Å². The van der Waals surface area contributed by atoms with E-state index in [1.165, 1.54) is 14.0 Å². The van der Waals surface area contributed by atoms with Crippen LogP contribution in [0.1, 0.15) is 12.5 Å². The van der Waals surface area contributed by atoms with Crippen LogP contribution in [0.2, 0.25) is 0 Å². The predicted octanol–water partition coefficient (Wildman–Crippen LogP) is 2.88. The molecule has 0 spiro atoms. The van der Waals surface area contributed by atoms with Gasteiger partial charge < -0.3 is 23.7 Å². The Morgan fingerprint density at radius 3 is 2.48 bits per heavy atom. The maximum Gasteiger partial charge on any atom is 0.332 e. The van der Waals surface area contributed by atoms with Gasteiger partial charge in [0, 0.05) is 7.11 Å². The molecule has 0 saturated heterocycles. The van der Waals surface area contributed by atoms with Gasteiger partial charge >= 0.3 is 12.0 Å². The minimum Gasteiger partial charge on any atom is -0.462 e. The molecule has 0 bridgehead atoms. The molecule has 1 atom stereocenters. The predicted molar refractivity (Wildman–Crippen MR) is 84.7 cm³/mol. The van der Waals surface area contributed by atoms with Gasteiger partial charge in [0.05, 0.1) is 19.8 Å². The van der Waals surface area contributed by atoms with Crippen LogP contribution < -0.4 is 0 Å². The van der Waals surface area contributed by atoms with E-state index in [4.69, 9.17) is 23.7 Å². The monoisotopic (exact) mass is 360 g/mol. The van der Waals surface area contributed by atoms with Crippen LogP contribution in [0.25, 0.3) is 0 Å². The van der Waals surface area contributed by atoms with Gasteiger partial charge in [0.2, 0.25) is 5.76 Å². The number of ether oxygens (including phenoxy) is 5. The fourth-order valence-electron chi connectivity index (χ4n) is 1.74. The smallest absolute Gasteiger partial charge is 0.332 e. The molecule has 0 saturated carbocycles. The first-order valence-corrected chi connectivity index (χ1v) is 7.60. The normalized spacial score (nSPS) is 11.7. The molecule has 1 rings (SSSR count). The third-order valence-electron chi connectivity index (χ3n) is 2.92. The van der Waals surface area contributed by atoms with Crippen LogP contribution in [0.4, 0.5) is 8.78 Å². The van der Waals surface area contributed by atoms with E-state index in [0.29, 0.717) is 6.61 Å². The molecule has 0 fully saturated rings. The molecule has 0 radical (unpaired) electrons. The third kappa shape index (κ3) is 9.13. The number of carbonyl (C=O) groups is 1. The SMILES string of the molecule is COCCOCOC(=C(F)F)C(C)OC(=O)COCc1ccccc1. The summed E-state index contributed by atoms with van der Waals surface area (Å²) in [4.78, 5) is 11.7. The molecule has 0 aliphatic rings. The number of hydrogen-bond acceptors (Lipinski definition) is 6. The fourth-order valence-corrected chi connectivity index (χ4v) is 1.74. The number of methoxy groups -OCH3 is 1. The van der Waals surface area contributed by atoms with Crippen LogP contribution in [-0.2, 0) is 35.1 Å². The average molecular weight is 360 g/mol. The molecular weight excluding hydrogens is 338 g/mol. The zero-order valence-electron chi connectivity index (χ0n) is 14.2. The number of benzene rings is 1. The molecule has 0 aliphatic heterocycles. The van der Waals surface area contributed by atoms with Crippen LogP contribution in [0, 0.1) is 0 Å². The lowest BCUT2D eigenvalue weighted by atomic mass is 10.2. The summed E-state index contributed by atoms with van der Waals surface area (Å²) in [6, 6.07) is 9.21. The minimum atomic E-state index is -2.08. The van der Waals surface area contributed by atoms with E-state index < -0.39 is 30.7 Å². The van der Waals surface area contributed by atoms with Crippen LogP contribution in [0.3, 0.4) is 0 Å². The van der Waals surface area contributed by atoms with Gasteiger partial charge in [0.15, 0.2) is 12.9 Å². The number of rotatable bonds is 12. The first-order valence-electron chi connectivity index (χ1n) is 7.60. The van der Waals surface area contributed by atoms with E-state index in [1.807, 2.05) is 30.3 Å². The number of carbonyl (C=O) groups excluding carboxylic acids is 1. The first-order chi connectivity index (χ1) is 12.0. The zero-order valence-corrected chi connectivity index (χ0v) is 14.2. The Kier molecular flexibility index (Phi) is 10.4. The van der Waals surface area contributed by atoms with Gasteiger partial charge in [-0.25, -0.2) is 4.79 Å². The quantitative estimate of drug-likeness (QED) is 0.247. The largest absolute Gasteiger partial charge is 0.462 e. The molecule has 1 aromatic rings. The average Bonchev–Trinajstić information content (AvgIpc) is 2.58. The van der Waals surface area contributed by atoms with Crippen molar-refractivity contribution in [2.45, 2.75) is 19.6 Å². The Bertz CT molecular complexity index is 531. The Morgan fingerprint density at radius 1 is 1.12 bits per heavy atom. The van der Waals surface area contributed by atoms with Crippen molar-refractivity contribution in [2.24, 2.45) is 0 Å². The topological polar surface area (TPSA) is 63.2 Å². The van der Waals surface area contributed by atoms with Crippen molar-refractivity contribution in [3.8, 4) is 0 Å². The highest BCUT2D eigenvalue weighted by Gasteiger charge is 2.21. The highest BCUT2D eigenvalue weighted by atomic mass is 19.3. The summed E-state index contributed by atoms with van der Waals surface area (Å²) < 4.78 is 50.4. The summed E-state index contributed by atoms with van der Waals surface area (Å²) in [5.74, 6) is -1.53. The molecule has 0 aromatic heterocycles.